The molecule has 4 N–H and O–H groups in total. The summed E-state index contributed by atoms with van der Waals surface area (Å²) in [5, 5.41) is 11.7. The average Bonchev–Trinajstić information content (AvgIpc) is 2.44. The molecule has 0 aliphatic carbocycles. The Balaban J connectivity index is 2.33. The van der Waals surface area contributed by atoms with Crippen LogP contribution in [0.3, 0.4) is 0 Å². The molecular formula is C15H25N3O2. The van der Waals surface area contributed by atoms with Crippen LogP contribution in [0.1, 0.15) is 24.8 Å². The van der Waals surface area contributed by atoms with Gasteiger partial charge in [0.1, 0.15) is 0 Å². The summed E-state index contributed by atoms with van der Waals surface area (Å²) < 4.78 is 0. The summed E-state index contributed by atoms with van der Waals surface area (Å²) in [4.78, 5) is 14.0. The van der Waals surface area contributed by atoms with E-state index in [4.69, 9.17) is 10.8 Å². The van der Waals surface area contributed by atoms with Gasteiger partial charge in [-0.25, -0.2) is 0 Å². The molecule has 5 heteroatoms. The maximum atomic E-state index is 11.9. The first-order valence-electron chi connectivity index (χ1n) is 6.94. The molecule has 20 heavy (non-hydrogen) atoms. The molecule has 0 spiro atoms. The highest BCUT2D eigenvalue weighted by Crippen LogP contribution is 2.10. The molecule has 1 amide bonds. The van der Waals surface area contributed by atoms with Crippen LogP contribution in [0.5, 0.6) is 0 Å². The van der Waals surface area contributed by atoms with Gasteiger partial charge in [0.15, 0.2) is 0 Å². The van der Waals surface area contributed by atoms with Crippen molar-refractivity contribution in [2.45, 2.75) is 31.9 Å². The lowest BCUT2D eigenvalue weighted by Gasteiger charge is -2.13. The van der Waals surface area contributed by atoms with Crippen molar-refractivity contribution in [2.75, 3.05) is 26.0 Å². The second-order valence-corrected chi connectivity index (χ2v) is 5.25. The van der Waals surface area contributed by atoms with E-state index in [0.717, 1.165) is 24.9 Å². The lowest BCUT2D eigenvalue weighted by molar-refractivity contribution is -0.117. The normalized spacial score (nSPS) is 12.4. The van der Waals surface area contributed by atoms with E-state index in [1.54, 1.807) is 24.3 Å². The van der Waals surface area contributed by atoms with Gasteiger partial charge in [-0.1, -0.05) is 18.6 Å². The van der Waals surface area contributed by atoms with Crippen LogP contribution in [0.4, 0.5) is 5.69 Å². The number of amides is 1. The monoisotopic (exact) mass is 279 g/mol. The zero-order valence-electron chi connectivity index (χ0n) is 12.3. The zero-order valence-corrected chi connectivity index (χ0v) is 12.3. The van der Waals surface area contributed by atoms with Crippen molar-refractivity contribution >= 4 is 11.6 Å². The molecule has 0 heterocycles. The van der Waals surface area contributed by atoms with Crippen LogP contribution >= 0.6 is 0 Å². The predicted molar refractivity (Wildman–Crippen MR) is 81.4 cm³/mol. The maximum absolute atomic E-state index is 11.9. The first kappa shape index (κ1) is 16.6. The third-order valence-electron chi connectivity index (χ3n) is 3.11. The van der Waals surface area contributed by atoms with E-state index < -0.39 is 6.04 Å². The number of carbonyl (C=O) groups is 1. The van der Waals surface area contributed by atoms with Gasteiger partial charge in [0.05, 0.1) is 12.6 Å². The fraction of sp³-hybridized carbons (Fsp3) is 0.533. The van der Waals surface area contributed by atoms with E-state index in [-0.39, 0.29) is 12.5 Å². The van der Waals surface area contributed by atoms with E-state index in [1.165, 1.54) is 0 Å². The van der Waals surface area contributed by atoms with Gasteiger partial charge in [0.2, 0.25) is 5.91 Å². The van der Waals surface area contributed by atoms with Crippen LogP contribution in [0, 0.1) is 0 Å². The first-order chi connectivity index (χ1) is 9.52. The minimum Gasteiger partial charge on any atom is -0.392 e. The number of nitrogens with zero attached hydrogens (tertiary/aromatic N) is 1. The van der Waals surface area contributed by atoms with E-state index >= 15 is 0 Å². The van der Waals surface area contributed by atoms with Crippen LogP contribution < -0.4 is 11.1 Å². The Morgan fingerprint density at radius 3 is 2.50 bits per heavy atom. The molecule has 1 aromatic carbocycles. The summed E-state index contributed by atoms with van der Waals surface area (Å²) in [5.74, 6) is -0.161. The first-order valence-corrected chi connectivity index (χ1v) is 6.94. The Labute approximate surface area is 120 Å². The van der Waals surface area contributed by atoms with Gasteiger partial charge >= 0.3 is 0 Å². The van der Waals surface area contributed by atoms with Crippen molar-refractivity contribution in [2.24, 2.45) is 5.73 Å². The van der Waals surface area contributed by atoms with Crippen LogP contribution in [0.2, 0.25) is 0 Å². The molecule has 0 aromatic heterocycles. The number of nitrogens with one attached hydrogen (secondary N) is 1. The molecule has 112 valence electrons. The molecule has 0 fully saturated rings. The van der Waals surface area contributed by atoms with E-state index in [1.807, 2.05) is 14.1 Å². The molecule has 0 bridgehead atoms. The third kappa shape index (κ3) is 6.14. The molecule has 5 nitrogen and oxygen atoms in total. The summed E-state index contributed by atoms with van der Waals surface area (Å²) in [5.41, 5.74) is 7.39. The Kier molecular flexibility index (Phi) is 7.22. The molecule has 0 aliphatic rings. The topological polar surface area (TPSA) is 78.6 Å². The molecule has 1 aromatic rings. The largest absolute Gasteiger partial charge is 0.392 e. The second kappa shape index (κ2) is 8.68. The Morgan fingerprint density at radius 2 is 1.95 bits per heavy atom. The van der Waals surface area contributed by atoms with Gasteiger partial charge in [0.25, 0.3) is 0 Å². The molecule has 0 aliphatic heterocycles. The maximum Gasteiger partial charge on any atom is 0.241 e. The highest BCUT2D eigenvalue weighted by molar-refractivity contribution is 5.94. The van der Waals surface area contributed by atoms with Crippen molar-refractivity contribution in [1.29, 1.82) is 0 Å². The summed E-state index contributed by atoms with van der Waals surface area (Å²) in [7, 11) is 4.06. The number of nitrogens with two attached hydrogens (primary N) is 1. The third-order valence-corrected chi connectivity index (χ3v) is 3.11. The van der Waals surface area contributed by atoms with Crippen LogP contribution in [0.15, 0.2) is 24.3 Å². The van der Waals surface area contributed by atoms with Gasteiger partial charge < -0.3 is 21.1 Å². The minimum atomic E-state index is -0.477. The number of hydrogen-bond donors (Lipinski definition) is 3. The number of carbonyl (C=O) groups excluding carboxylic acids is 1. The molecule has 1 rings (SSSR count). The minimum absolute atomic E-state index is 0.000382. The van der Waals surface area contributed by atoms with Crippen LogP contribution in [0.25, 0.3) is 0 Å². The highest BCUT2D eigenvalue weighted by Gasteiger charge is 2.13. The Hall–Kier alpha value is -1.43. The fourth-order valence-electron chi connectivity index (χ4n) is 1.85. The number of hydrogen-bond acceptors (Lipinski definition) is 4. The van der Waals surface area contributed by atoms with Gasteiger partial charge in [-0.2, -0.15) is 0 Å². The average molecular weight is 279 g/mol. The quantitative estimate of drug-likeness (QED) is 0.624. The van der Waals surface area contributed by atoms with Crippen LogP contribution in [-0.2, 0) is 11.4 Å². The van der Waals surface area contributed by atoms with E-state index in [0.29, 0.717) is 12.1 Å². The number of aliphatic hydroxyl groups is 1. The molecule has 1 unspecified atom stereocenters. The smallest absolute Gasteiger partial charge is 0.241 e. The molecular weight excluding hydrogens is 254 g/mol. The Bertz CT molecular complexity index is 404. The summed E-state index contributed by atoms with van der Waals surface area (Å²) in [6, 6.07) is 6.61. The van der Waals surface area contributed by atoms with Crippen molar-refractivity contribution in [3.63, 3.8) is 0 Å². The second-order valence-electron chi connectivity index (χ2n) is 5.25. The fourth-order valence-corrected chi connectivity index (χ4v) is 1.85. The lowest BCUT2D eigenvalue weighted by atomic mass is 10.1. The number of anilines is 1. The summed E-state index contributed by atoms with van der Waals surface area (Å²) in [6.07, 6.45) is 2.67. The van der Waals surface area contributed by atoms with Crippen molar-refractivity contribution in [3.8, 4) is 0 Å². The number of rotatable bonds is 8. The van der Waals surface area contributed by atoms with Crippen LogP contribution in [-0.4, -0.2) is 42.6 Å². The zero-order chi connectivity index (χ0) is 15.0. The van der Waals surface area contributed by atoms with Gasteiger partial charge in [-0.15, -0.1) is 0 Å². The molecule has 0 radical (unpaired) electrons. The Morgan fingerprint density at radius 1 is 1.30 bits per heavy atom. The summed E-state index contributed by atoms with van der Waals surface area (Å²) in [6.45, 7) is 1.01. The molecule has 1 atom stereocenters. The van der Waals surface area contributed by atoms with E-state index in [9.17, 15) is 4.79 Å². The van der Waals surface area contributed by atoms with Gasteiger partial charge in [-0.3, -0.25) is 4.79 Å². The number of benzene rings is 1. The number of aliphatic hydroxyl groups excluding tert-OH is 1. The number of unbranched alkanes of at least 4 members (excludes halogenated alkanes) is 1. The standard InChI is InChI=1S/C15H25N3O2/c1-18(2)10-4-3-5-14(16)15(20)17-13-8-6-12(11-19)7-9-13/h6-9,14,19H,3-5,10-11,16H2,1-2H3,(H,17,20). The highest BCUT2D eigenvalue weighted by atomic mass is 16.3. The van der Waals surface area contributed by atoms with Gasteiger partial charge in [0, 0.05) is 5.69 Å². The van der Waals surface area contributed by atoms with E-state index in [2.05, 4.69) is 10.2 Å². The van der Waals surface area contributed by atoms with Crippen molar-refractivity contribution < 1.29 is 9.90 Å². The molecule has 0 saturated carbocycles. The van der Waals surface area contributed by atoms with Gasteiger partial charge in [-0.05, 0) is 51.2 Å². The lowest BCUT2D eigenvalue weighted by Crippen LogP contribution is -2.35. The molecule has 0 saturated heterocycles. The summed E-state index contributed by atoms with van der Waals surface area (Å²) >= 11 is 0. The van der Waals surface area contributed by atoms with Crippen molar-refractivity contribution in [1.82, 2.24) is 4.90 Å². The SMILES string of the molecule is CN(C)CCCCC(N)C(=O)Nc1ccc(CO)cc1. The predicted octanol–water partition coefficient (Wildman–Crippen LogP) is 1.18. The van der Waals surface area contributed by atoms with Crippen molar-refractivity contribution in [3.05, 3.63) is 29.8 Å².